The molecule has 0 saturated carbocycles. The third-order valence-electron chi connectivity index (χ3n) is 5.25. The van der Waals surface area contributed by atoms with Crippen LogP contribution in [0, 0.1) is 5.92 Å². The highest BCUT2D eigenvalue weighted by atomic mass is 32.1. The van der Waals surface area contributed by atoms with Gasteiger partial charge in [0.15, 0.2) is 0 Å². The van der Waals surface area contributed by atoms with Crippen LogP contribution in [-0.4, -0.2) is 41.3 Å². The molecule has 5 nitrogen and oxygen atoms in total. The van der Waals surface area contributed by atoms with Crippen molar-refractivity contribution in [2.24, 2.45) is 5.92 Å². The Hall–Kier alpha value is -2.99. The number of carbonyl (C=O) groups excluding carboxylic acids is 2. The van der Waals surface area contributed by atoms with E-state index in [1.165, 1.54) is 11.3 Å². The summed E-state index contributed by atoms with van der Waals surface area (Å²) in [5, 5.41) is 3.04. The number of hydrogen-bond acceptors (Lipinski definition) is 4. The fourth-order valence-electron chi connectivity index (χ4n) is 3.68. The molecular formula is C23H23N3O2S. The molecular weight excluding hydrogens is 382 g/mol. The zero-order chi connectivity index (χ0) is 20.1. The molecule has 4 rings (SSSR count). The van der Waals surface area contributed by atoms with Gasteiger partial charge in [-0.05, 0) is 42.0 Å². The van der Waals surface area contributed by atoms with E-state index in [1.54, 1.807) is 11.7 Å². The molecule has 0 bridgehead atoms. The zero-order valence-electron chi connectivity index (χ0n) is 16.1. The number of amides is 2. The molecule has 0 aliphatic carbocycles. The van der Waals surface area contributed by atoms with Gasteiger partial charge >= 0.3 is 0 Å². The topological polar surface area (TPSA) is 62.3 Å². The predicted octanol–water partition coefficient (Wildman–Crippen LogP) is 4.09. The van der Waals surface area contributed by atoms with E-state index in [1.807, 2.05) is 47.4 Å². The van der Waals surface area contributed by atoms with E-state index in [0.29, 0.717) is 23.5 Å². The molecule has 1 fully saturated rings. The van der Waals surface area contributed by atoms with Crippen LogP contribution in [0.4, 0.5) is 0 Å². The first kappa shape index (κ1) is 19.3. The molecule has 1 aromatic heterocycles. The third-order valence-corrected chi connectivity index (χ3v) is 6.02. The van der Waals surface area contributed by atoms with Crippen LogP contribution in [0.3, 0.4) is 0 Å². The molecule has 0 spiro atoms. The first-order valence-electron chi connectivity index (χ1n) is 9.82. The van der Waals surface area contributed by atoms with Gasteiger partial charge in [0, 0.05) is 25.2 Å². The lowest BCUT2D eigenvalue weighted by Gasteiger charge is -2.32. The number of nitrogens with one attached hydrogen (secondary N) is 1. The largest absolute Gasteiger partial charge is 0.352 e. The highest BCUT2D eigenvalue weighted by molar-refractivity contribution is 7.11. The molecule has 3 aromatic rings. The molecule has 1 aliphatic rings. The molecule has 2 amide bonds. The van der Waals surface area contributed by atoms with E-state index >= 15 is 0 Å². The van der Waals surface area contributed by atoms with Gasteiger partial charge in [-0.3, -0.25) is 14.6 Å². The summed E-state index contributed by atoms with van der Waals surface area (Å²) in [6, 6.07) is 17.8. The molecule has 6 heteroatoms. The number of likely N-dealkylation sites (tertiary alicyclic amines) is 1. The van der Waals surface area contributed by atoms with Crippen molar-refractivity contribution in [3.05, 3.63) is 76.7 Å². The first-order valence-corrected chi connectivity index (χ1v) is 10.7. The Morgan fingerprint density at radius 2 is 1.83 bits per heavy atom. The number of hydrogen-bond donors (Lipinski definition) is 1. The van der Waals surface area contributed by atoms with E-state index in [9.17, 15) is 9.59 Å². The number of rotatable bonds is 5. The lowest BCUT2D eigenvalue weighted by Crippen LogP contribution is -2.43. The Morgan fingerprint density at radius 3 is 2.55 bits per heavy atom. The van der Waals surface area contributed by atoms with Crippen molar-refractivity contribution < 1.29 is 9.59 Å². The van der Waals surface area contributed by atoms with Gasteiger partial charge in [0.25, 0.3) is 11.8 Å². The van der Waals surface area contributed by atoms with Crippen LogP contribution < -0.4 is 5.32 Å². The fourth-order valence-corrected chi connectivity index (χ4v) is 4.26. The van der Waals surface area contributed by atoms with E-state index in [-0.39, 0.29) is 17.7 Å². The van der Waals surface area contributed by atoms with Crippen LogP contribution in [0.5, 0.6) is 0 Å². The van der Waals surface area contributed by atoms with Gasteiger partial charge in [-0.25, -0.2) is 0 Å². The van der Waals surface area contributed by atoms with Crippen LogP contribution in [-0.2, 0) is 0 Å². The molecule has 0 unspecified atom stereocenters. The van der Waals surface area contributed by atoms with E-state index in [2.05, 4.69) is 22.4 Å². The Kier molecular flexibility index (Phi) is 6.00. The van der Waals surface area contributed by atoms with Gasteiger partial charge in [-0.1, -0.05) is 42.5 Å². The monoisotopic (exact) mass is 405 g/mol. The van der Waals surface area contributed by atoms with Gasteiger partial charge in [-0.2, -0.15) is 0 Å². The number of thiazole rings is 1. The lowest BCUT2D eigenvalue weighted by atomic mass is 9.97. The van der Waals surface area contributed by atoms with Crippen molar-refractivity contribution >= 4 is 23.2 Å². The Bertz CT molecular complexity index is 956. The highest BCUT2D eigenvalue weighted by Crippen LogP contribution is 2.21. The van der Waals surface area contributed by atoms with Crippen LogP contribution in [0.1, 0.15) is 32.9 Å². The smallest absolute Gasteiger partial charge is 0.265 e. The second-order valence-electron chi connectivity index (χ2n) is 7.28. The van der Waals surface area contributed by atoms with Gasteiger partial charge in [-0.15, -0.1) is 11.3 Å². The fraction of sp³-hybridized carbons (Fsp3) is 0.261. The molecule has 1 saturated heterocycles. The number of nitrogens with zero attached hydrogens (tertiary/aromatic N) is 2. The molecule has 0 radical (unpaired) electrons. The predicted molar refractivity (Wildman–Crippen MR) is 115 cm³/mol. The maximum atomic E-state index is 12.5. The summed E-state index contributed by atoms with van der Waals surface area (Å²) in [7, 11) is 0. The minimum absolute atomic E-state index is 0.0417. The number of benzene rings is 2. The first-order chi connectivity index (χ1) is 14.2. The molecule has 1 N–H and O–H groups in total. The standard InChI is InChI=1S/C23H23N3O2S/c27-22(20-10-8-19(9-11-20)18-6-2-1-3-7-18)25-13-17-5-4-12-26(15-17)23(28)21-14-24-16-29-21/h1-3,6-11,14,16-17H,4-5,12-13,15H2,(H,25,27)/t17-/m1/s1. The number of aromatic nitrogens is 1. The summed E-state index contributed by atoms with van der Waals surface area (Å²) in [5.74, 6) is 0.240. The minimum Gasteiger partial charge on any atom is -0.352 e. The van der Waals surface area contributed by atoms with Crippen LogP contribution in [0.25, 0.3) is 11.1 Å². The average Bonchev–Trinajstić information content (AvgIpc) is 3.33. The molecule has 2 heterocycles. The summed E-state index contributed by atoms with van der Waals surface area (Å²) in [5.41, 5.74) is 4.55. The maximum Gasteiger partial charge on any atom is 0.265 e. The summed E-state index contributed by atoms with van der Waals surface area (Å²) in [6.45, 7) is 2.01. The van der Waals surface area contributed by atoms with E-state index < -0.39 is 0 Å². The SMILES string of the molecule is O=C(NC[C@H]1CCCN(C(=O)c2cncs2)C1)c1ccc(-c2ccccc2)cc1. The van der Waals surface area contributed by atoms with Crippen LogP contribution in [0.15, 0.2) is 66.3 Å². The Labute approximate surface area is 174 Å². The van der Waals surface area contributed by atoms with Crippen LogP contribution in [0.2, 0.25) is 0 Å². The van der Waals surface area contributed by atoms with Gasteiger partial charge in [0.1, 0.15) is 4.88 Å². The molecule has 1 aliphatic heterocycles. The van der Waals surface area contributed by atoms with E-state index in [4.69, 9.17) is 0 Å². The second-order valence-corrected chi connectivity index (χ2v) is 8.16. The summed E-state index contributed by atoms with van der Waals surface area (Å²) < 4.78 is 0. The number of carbonyl (C=O) groups is 2. The summed E-state index contributed by atoms with van der Waals surface area (Å²) in [4.78, 5) is 31.6. The van der Waals surface area contributed by atoms with Crippen molar-refractivity contribution in [1.82, 2.24) is 15.2 Å². The molecule has 1 atom stereocenters. The highest BCUT2D eigenvalue weighted by Gasteiger charge is 2.25. The Balaban J connectivity index is 1.31. The quantitative estimate of drug-likeness (QED) is 0.695. The normalized spacial score (nSPS) is 16.4. The van der Waals surface area contributed by atoms with Gasteiger partial charge < -0.3 is 10.2 Å². The maximum absolute atomic E-state index is 12.5. The minimum atomic E-state index is -0.0736. The second kappa shape index (κ2) is 9.01. The van der Waals surface area contributed by atoms with Crippen molar-refractivity contribution in [1.29, 1.82) is 0 Å². The van der Waals surface area contributed by atoms with Crippen molar-refractivity contribution in [3.8, 4) is 11.1 Å². The average molecular weight is 406 g/mol. The van der Waals surface area contributed by atoms with Gasteiger partial charge in [0.05, 0.1) is 11.7 Å². The van der Waals surface area contributed by atoms with Gasteiger partial charge in [0.2, 0.25) is 0 Å². The lowest BCUT2D eigenvalue weighted by molar-refractivity contribution is 0.0675. The molecule has 2 aromatic carbocycles. The molecule has 29 heavy (non-hydrogen) atoms. The van der Waals surface area contributed by atoms with E-state index in [0.717, 1.165) is 30.5 Å². The third kappa shape index (κ3) is 4.71. The Morgan fingerprint density at radius 1 is 1.07 bits per heavy atom. The van der Waals surface area contributed by atoms with Crippen molar-refractivity contribution in [2.75, 3.05) is 19.6 Å². The number of piperidine rings is 1. The molecule has 148 valence electrons. The summed E-state index contributed by atoms with van der Waals surface area (Å²) >= 11 is 1.37. The van der Waals surface area contributed by atoms with Crippen molar-refractivity contribution in [2.45, 2.75) is 12.8 Å². The van der Waals surface area contributed by atoms with Crippen LogP contribution >= 0.6 is 11.3 Å². The van der Waals surface area contributed by atoms with Crippen molar-refractivity contribution in [3.63, 3.8) is 0 Å². The zero-order valence-corrected chi connectivity index (χ0v) is 16.9. The summed E-state index contributed by atoms with van der Waals surface area (Å²) in [6.07, 6.45) is 3.59.